The molecule has 0 aliphatic heterocycles. The van der Waals surface area contributed by atoms with Crippen molar-refractivity contribution in [3.05, 3.63) is 23.5 Å². The molecule has 4 fully saturated rings. The Bertz CT molecular complexity index is 1130. The summed E-state index contributed by atoms with van der Waals surface area (Å²) in [6.07, 6.45) is 5.37. The molecular weight excluding hydrogens is 510 g/mol. The van der Waals surface area contributed by atoms with Gasteiger partial charge in [-0.15, -0.1) is 0 Å². The van der Waals surface area contributed by atoms with Crippen molar-refractivity contribution < 1.29 is 37.7 Å². The Hall–Kier alpha value is -2.91. The van der Waals surface area contributed by atoms with Crippen LogP contribution in [0.3, 0.4) is 0 Å². The van der Waals surface area contributed by atoms with Crippen LogP contribution in [-0.2, 0) is 9.59 Å². The Morgan fingerprint density at radius 3 is 2.36 bits per heavy atom. The minimum absolute atomic E-state index is 0.0154. The number of fused-ring (bicyclic) bond motifs is 2. The van der Waals surface area contributed by atoms with E-state index in [4.69, 9.17) is 14.6 Å². The molecule has 4 atom stereocenters. The van der Waals surface area contributed by atoms with Crippen LogP contribution in [-0.4, -0.2) is 54.4 Å². The van der Waals surface area contributed by atoms with Crippen LogP contribution in [0.5, 0.6) is 11.5 Å². The van der Waals surface area contributed by atoms with Gasteiger partial charge in [0.1, 0.15) is 5.75 Å². The van der Waals surface area contributed by atoms with Gasteiger partial charge in [-0.2, -0.15) is 0 Å². The van der Waals surface area contributed by atoms with Gasteiger partial charge in [-0.3, -0.25) is 9.59 Å². The molecular formula is C29H38F2N2O6. The van der Waals surface area contributed by atoms with Crippen molar-refractivity contribution in [2.75, 3.05) is 13.7 Å². The number of benzene rings is 1. The fraction of sp³-hybridized carbons (Fsp3) is 0.690. The summed E-state index contributed by atoms with van der Waals surface area (Å²) >= 11 is 0. The van der Waals surface area contributed by atoms with Crippen molar-refractivity contribution in [1.29, 1.82) is 0 Å². The quantitative estimate of drug-likeness (QED) is 0.422. The van der Waals surface area contributed by atoms with E-state index in [9.17, 15) is 23.2 Å². The molecule has 4 saturated carbocycles. The maximum Gasteiger partial charge on any atom is 0.341 e. The van der Waals surface area contributed by atoms with Crippen molar-refractivity contribution >= 4 is 17.8 Å². The number of alkyl halides is 1. The number of hydrogen-bond acceptors (Lipinski definition) is 5. The van der Waals surface area contributed by atoms with Gasteiger partial charge in [-0.05, 0) is 81.1 Å². The summed E-state index contributed by atoms with van der Waals surface area (Å²) in [5, 5.41) is 15.3. The Morgan fingerprint density at radius 1 is 1.05 bits per heavy atom. The van der Waals surface area contributed by atoms with Crippen LogP contribution in [0.4, 0.5) is 8.78 Å². The summed E-state index contributed by atoms with van der Waals surface area (Å²) in [5.74, 6) is -2.75. The number of methoxy groups -OCH3 is 1. The van der Waals surface area contributed by atoms with Crippen molar-refractivity contribution in [3.8, 4) is 11.5 Å². The summed E-state index contributed by atoms with van der Waals surface area (Å²) in [5.41, 5.74) is -2.07. The van der Waals surface area contributed by atoms with Gasteiger partial charge in [-0.1, -0.05) is 13.3 Å². The van der Waals surface area contributed by atoms with E-state index < -0.39 is 29.5 Å². The van der Waals surface area contributed by atoms with E-state index in [2.05, 4.69) is 17.6 Å². The van der Waals surface area contributed by atoms with E-state index in [-0.39, 0.29) is 77.9 Å². The third kappa shape index (κ3) is 5.43. The SMILES string of the molecule is COc1cc(F)c(O[C@H]2CC[C@@](F)(C(=O)O)CC2)cc1C(=O)N[C@@H]1[C@H]2CC[C@H](C2)[C@@H]1C(=O)NCC1(C)CCC1. The lowest BCUT2D eigenvalue weighted by molar-refractivity contribution is -0.154. The number of rotatable bonds is 9. The van der Waals surface area contributed by atoms with E-state index in [1.54, 1.807) is 0 Å². The van der Waals surface area contributed by atoms with Gasteiger partial charge >= 0.3 is 5.97 Å². The van der Waals surface area contributed by atoms with Crippen LogP contribution < -0.4 is 20.1 Å². The highest BCUT2D eigenvalue weighted by Gasteiger charge is 2.52. The standard InChI is InChI=1S/C29H38F2N2O6/c1-28(8-3-9-28)15-32-26(35)23-16-4-5-17(12-16)24(23)33-25(34)19-13-22(20(30)14-21(19)38-2)39-18-6-10-29(31,11-7-18)27(36)37/h13-14,16-18,23-24H,3-12,15H2,1-2H3,(H,32,35)(H,33,34)(H,36,37)/t16-,17+,18-,23+,24-,29-/m1/s1. The Balaban J connectivity index is 1.28. The predicted octanol–water partition coefficient (Wildman–Crippen LogP) is 4.40. The zero-order chi connectivity index (χ0) is 27.9. The fourth-order valence-electron chi connectivity index (χ4n) is 7.01. The molecule has 5 rings (SSSR count). The molecule has 0 unspecified atom stereocenters. The minimum Gasteiger partial charge on any atom is -0.496 e. The number of carbonyl (C=O) groups excluding carboxylic acids is 2. The smallest absolute Gasteiger partial charge is 0.341 e. The van der Waals surface area contributed by atoms with Crippen LogP contribution >= 0.6 is 0 Å². The van der Waals surface area contributed by atoms with Crippen LogP contribution in [0, 0.1) is 29.0 Å². The molecule has 0 spiro atoms. The third-order valence-electron chi connectivity index (χ3n) is 9.67. The number of halogens is 2. The van der Waals surface area contributed by atoms with Crippen molar-refractivity contribution in [2.45, 2.75) is 88.9 Å². The van der Waals surface area contributed by atoms with Gasteiger partial charge in [0.25, 0.3) is 5.91 Å². The van der Waals surface area contributed by atoms with Gasteiger partial charge in [0.2, 0.25) is 11.6 Å². The molecule has 214 valence electrons. The molecule has 2 amide bonds. The number of carbonyl (C=O) groups is 3. The maximum absolute atomic E-state index is 14.9. The first kappa shape index (κ1) is 27.6. The molecule has 4 aliphatic carbocycles. The summed E-state index contributed by atoms with van der Waals surface area (Å²) in [6, 6.07) is 2.03. The van der Waals surface area contributed by atoms with Crippen LogP contribution in [0.2, 0.25) is 0 Å². The van der Waals surface area contributed by atoms with Crippen LogP contribution in [0.25, 0.3) is 0 Å². The lowest BCUT2D eigenvalue weighted by Crippen LogP contribution is -2.51. The highest BCUT2D eigenvalue weighted by atomic mass is 19.1. The van der Waals surface area contributed by atoms with E-state index in [1.807, 2.05) is 0 Å². The number of carboxylic acid groups (broad SMARTS) is 1. The second kappa shape index (κ2) is 10.6. The first-order valence-corrected chi connectivity index (χ1v) is 14.1. The topological polar surface area (TPSA) is 114 Å². The highest BCUT2D eigenvalue weighted by molar-refractivity contribution is 5.98. The molecule has 1 aromatic carbocycles. The molecule has 4 aliphatic rings. The average molecular weight is 549 g/mol. The first-order chi connectivity index (χ1) is 18.5. The Morgan fingerprint density at radius 2 is 1.74 bits per heavy atom. The second-order valence-corrected chi connectivity index (χ2v) is 12.3. The summed E-state index contributed by atoms with van der Waals surface area (Å²) in [7, 11) is 1.34. The van der Waals surface area contributed by atoms with E-state index in [1.165, 1.54) is 19.6 Å². The summed E-state index contributed by atoms with van der Waals surface area (Å²) in [4.78, 5) is 37.9. The molecule has 0 radical (unpaired) electrons. The van der Waals surface area contributed by atoms with Crippen molar-refractivity contribution in [1.82, 2.24) is 10.6 Å². The van der Waals surface area contributed by atoms with E-state index in [0.29, 0.717) is 6.54 Å². The number of ether oxygens (including phenoxy) is 2. The number of amides is 2. The number of carboxylic acids is 1. The van der Waals surface area contributed by atoms with Gasteiger partial charge in [0, 0.05) is 18.7 Å². The van der Waals surface area contributed by atoms with E-state index >= 15 is 0 Å². The van der Waals surface area contributed by atoms with Crippen LogP contribution in [0.15, 0.2) is 12.1 Å². The molecule has 10 heteroatoms. The van der Waals surface area contributed by atoms with Crippen LogP contribution in [0.1, 0.15) is 81.5 Å². The average Bonchev–Trinajstić information content (AvgIpc) is 3.50. The number of hydrogen-bond donors (Lipinski definition) is 3. The molecule has 8 nitrogen and oxygen atoms in total. The molecule has 1 aromatic rings. The molecule has 2 bridgehead atoms. The molecule has 0 heterocycles. The largest absolute Gasteiger partial charge is 0.496 e. The summed E-state index contributed by atoms with van der Waals surface area (Å²) < 4.78 is 40.3. The monoisotopic (exact) mass is 548 g/mol. The zero-order valence-electron chi connectivity index (χ0n) is 22.6. The molecule has 0 aromatic heterocycles. The second-order valence-electron chi connectivity index (χ2n) is 12.3. The van der Waals surface area contributed by atoms with E-state index in [0.717, 1.165) is 38.2 Å². The highest BCUT2D eigenvalue weighted by Crippen LogP contribution is 2.49. The number of nitrogens with one attached hydrogen (secondary N) is 2. The van der Waals surface area contributed by atoms with Gasteiger partial charge < -0.3 is 25.2 Å². The normalized spacial score (nSPS) is 32.7. The van der Waals surface area contributed by atoms with Gasteiger partial charge in [0.05, 0.1) is 24.7 Å². The Labute approximate surface area is 227 Å². The molecule has 3 N–H and O–H groups in total. The van der Waals surface area contributed by atoms with Gasteiger partial charge in [0.15, 0.2) is 11.6 Å². The lowest BCUT2D eigenvalue weighted by atomic mass is 9.70. The van der Waals surface area contributed by atoms with Gasteiger partial charge in [-0.25, -0.2) is 13.6 Å². The van der Waals surface area contributed by atoms with Crippen molar-refractivity contribution in [2.24, 2.45) is 23.2 Å². The summed E-state index contributed by atoms with van der Waals surface area (Å²) in [6.45, 7) is 2.83. The molecule has 0 saturated heterocycles. The Kier molecular flexibility index (Phi) is 7.50. The zero-order valence-corrected chi connectivity index (χ0v) is 22.6. The first-order valence-electron chi connectivity index (χ1n) is 14.1. The third-order valence-corrected chi connectivity index (χ3v) is 9.67. The minimum atomic E-state index is -2.30. The number of aliphatic carboxylic acids is 1. The molecule has 39 heavy (non-hydrogen) atoms. The maximum atomic E-state index is 14.9. The fourth-order valence-corrected chi connectivity index (χ4v) is 7.01. The van der Waals surface area contributed by atoms with Crippen molar-refractivity contribution in [3.63, 3.8) is 0 Å². The predicted molar refractivity (Wildman–Crippen MR) is 138 cm³/mol. The lowest BCUT2D eigenvalue weighted by Gasteiger charge is -2.39.